The maximum Gasteiger partial charge on any atom is 0.418 e. The summed E-state index contributed by atoms with van der Waals surface area (Å²) >= 11 is 0. The number of benzene rings is 1. The van der Waals surface area contributed by atoms with Crippen LogP contribution < -0.4 is 11.3 Å². The molecule has 0 amide bonds. The quantitative estimate of drug-likeness (QED) is 0.442. The maximum absolute atomic E-state index is 12.5. The number of hydrazine groups is 1. The molecule has 2 nitrogen and oxygen atoms in total. The van der Waals surface area contributed by atoms with Gasteiger partial charge in [0, 0.05) is 0 Å². The van der Waals surface area contributed by atoms with Crippen molar-refractivity contribution in [2.24, 2.45) is 5.84 Å². The minimum absolute atomic E-state index is 0. The van der Waals surface area contributed by atoms with Gasteiger partial charge >= 0.3 is 6.18 Å². The second-order valence-corrected chi connectivity index (χ2v) is 2.33. The van der Waals surface area contributed by atoms with E-state index in [1.807, 2.05) is 0 Å². The summed E-state index contributed by atoms with van der Waals surface area (Å²) in [6, 6.07) is 2.04. The molecule has 1 aromatic carbocycles. The minimum Gasteiger partial charge on any atom is -0.323 e. The third-order valence-electron chi connectivity index (χ3n) is 1.44. The zero-order valence-corrected chi connectivity index (χ0v) is 7.55. The van der Waals surface area contributed by atoms with E-state index in [4.69, 9.17) is 5.84 Å². The first-order chi connectivity index (χ1) is 5.95. The normalized spacial score (nSPS) is 10.6. The largest absolute Gasteiger partial charge is 0.418 e. The zero-order chi connectivity index (χ0) is 10.1. The second kappa shape index (κ2) is 4.47. The Bertz CT molecular complexity index is 313. The van der Waals surface area contributed by atoms with Crippen molar-refractivity contribution in [2.45, 2.75) is 6.18 Å². The molecule has 0 atom stereocenters. The third kappa shape index (κ3) is 2.74. The predicted molar refractivity (Wildman–Crippen MR) is 46.5 cm³/mol. The summed E-state index contributed by atoms with van der Waals surface area (Å²) in [5.41, 5.74) is 0.314. The first-order valence-corrected chi connectivity index (χ1v) is 3.28. The highest BCUT2D eigenvalue weighted by Gasteiger charge is 2.33. The van der Waals surface area contributed by atoms with E-state index in [-0.39, 0.29) is 12.4 Å². The van der Waals surface area contributed by atoms with Gasteiger partial charge in [-0.25, -0.2) is 4.39 Å². The minimum atomic E-state index is -4.53. The van der Waals surface area contributed by atoms with E-state index >= 15 is 0 Å². The summed E-state index contributed by atoms with van der Waals surface area (Å²) in [5.74, 6) is 4.02. The van der Waals surface area contributed by atoms with Gasteiger partial charge in [-0.2, -0.15) is 13.2 Å². The first kappa shape index (κ1) is 13.0. The van der Waals surface area contributed by atoms with Crippen LogP contribution in [-0.4, -0.2) is 0 Å². The molecule has 0 saturated carbocycles. The number of rotatable bonds is 1. The highest BCUT2D eigenvalue weighted by atomic mass is 35.5. The number of alkyl halides is 3. The van der Waals surface area contributed by atoms with Gasteiger partial charge in [0.1, 0.15) is 5.82 Å². The van der Waals surface area contributed by atoms with E-state index in [0.29, 0.717) is 12.1 Å². The number of nitrogens with two attached hydrogens (primary N) is 1. The third-order valence-corrected chi connectivity index (χ3v) is 1.44. The monoisotopic (exact) mass is 230 g/mol. The Morgan fingerprint density at radius 1 is 1.21 bits per heavy atom. The van der Waals surface area contributed by atoms with Crippen molar-refractivity contribution in [3.05, 3.63) is 29.6 Å². The van der Waals surface area contributed by atoms with Gasteiger partial charge < -0.3 is 5.43 Å². The molecule has 0 heterocycles. The Labute approximate surface area is 83.5 Å². The molecule has 80 valence electrons. The number of halogens is 5. The lowest BCUT2D eigenvalue weighted by atomic mass is 10.1. The molecule has 3 N–H and O–H groups in total. The van der Waals surface area contributed by atoms with E-state index < -0.39 is 23.2 Å². The Hall–Kier alpha value is -1.01. The summed E-state index contributed by atoms with van der Waals surface area (Å²) in [7, 11) is 0. The molecule has 0 radical (unpaired) electrons. The zero-order valence-electron chi connectivity index (χ0n) is 6.73. The lowest BCUT2D eigenvalue weighted by Crippen LogP contribution is -2.14. The fourth-order valence-electron chi connectivity index (χ4n) is 0.883. The molecule has 0 bridgehead atoms. The topological polar surface area (TPSA) is 38.0 Å². The first-order valence-electron chi connectivity index (χ1n) is 3.28. The molecule has 14 heavy (non-hydrogen) atoms. The van der Waals surface area contributed by atoms with Crippen molar-refractivity contribution < 1.29 is 17.6 Å². The van der Waals surface area contributed by atoms with Crippen molar-refractivity contribution in [3.8, 4) is 0 Å². The number of hydrogen-bond donors (Lipinski definition) is 2. The molecule has 1 rings (SSSR count). The molecular weight excluding hydrogens is 224 g/mol. The van der Waals surface area contributed by atoms with Crippen LogP contribution in [0.2, 0.25) is 0 Å². The lowest BCUT2D eigenvalue weighted by molar-refractivity contribution is -0.137. The highest BCUT2D eigenvalue weighted by molar-refractivity contribution is 5.85. The van der Waals surface area contributed by atoms with E-state index in [1.54, 1.807) is 5.43 Å². The Balaban J connectivity index is 0.00000169. The van der Waals surface area contributed by atoms with Crippen LogP contribution >= 0.6 is 12.4 Å². The number of nitrogen functional groups attached to an aromatic ring is 1. The average molecular weight is 231 g/mol. The molecular formula is C7H7ClF4N2. The van der Waals surface area contributed by atoms with Crippen LogP contribution in [0.15, 0.2) is 18.2 Å². The summed E-state index contributed by atoms with van der Waals surface area (Å²) in [6.07, 6.45) is -4.53. The Morgan fingerprint density at radius 2 is 1.79 bits per heavy atom. The predicted octanol–water partition coefficient (Wildman–Crippen LogP) is 2.55. The van der Waals surface area contributed by atoms with Gasteiger partial charge in [-0.05, 0) is 18.2 Å². The fraction of sp³-hybridized carbons (Fsp3) is 0.143. The number of hydrogen-bond acceptors (Lipinski definition) is 2. The van der Waals surface area contributed by atoms with E-state index in [9.17, 15) is 17.6 Å². The summed E-state index contributed by atoms with van der Waals surface area (Å²) in [5, 5.41) is 0. The molecule has 0 aromatic heterocycles. The molecule has 7 heteroatoms. The van der Waals surface area contributed by atoms with Gasteiger partial charge in [-0.3, -0.25) is 5.84 Å². The van der Waals surface area contributed by atoms with Crippen molar-refractivity contribution >= 4 is 18.1 Å². The average Bonchev–Trinajstić information content (AvgIpc) is 2.01. The lowest BCUT2D eigenvalue weighted by Gasteiger charge is -2.11. The van der Waals surface area contributed by atoms with Crippen molar-refractivity contribution in [2.75, 3.05) is 5.43 Å². The molecule has 0 aliphatic heterocycles. The molecule has 0 fully saturated rings. The van der Waals surface area contributed by atoms with Crippen LogP contribution in [0, 0.1) is 5.82 Å². The van der Waals surface area contributed by atoms with Crippen LogP contribution in [-0.2, 0) is 6.18 Å². The highest BCUT2D eigenvalue weighted by Crippen LogP contribution is 2.34. The Morgan fingerprint density at radius 3 is 2.21 bits per heavy atom. The van der Waals surface area contributed by atoms with Gasteiger partial charge in [0.15, 0.2) is 0 Å². The maximum atomic E-state index is 12.5. The standard InChI is InChI=1S/C7H6F4N2.ClH/c8-4-1-2-5(7(9,10)11)6(3-4)13-12;/h1-3,13H,12H2;1H. The van der Waals surface area contributed by atoms with E-state index in [1.165, 1.54) is 0 Å². The molecule has 0 aliphatic carbocycles. The Kier molecular flexibility index (Phi) is 4.15. The van der Waals surface area contributed by atoms with Gasteiger partial charge in [-0.15, -0.1) is 12.4 Å². The van der Waals surface area contributed by atoms with Gasteiger partial charge in [0.05, 0.1) is 11.3 Å². The van der Waals surface area contributed by atoms with Gasteiger partial charge in [0.2, 0.25) is 0 Å². The molecule has 0 saturated heterocycles. The molecule has 0 unspecified atom stereocenters. The van der Waals surface area contributed by atoms with Crippen LogP contribution in [0.5, 0.6) is 0 Å². The smallest absolute Gasteiger partial charge is 0.323 e. The van der Waals surface area contributed by atoms with Gasteiger partial charge in [-0.1, -0.05) is 0 Å². The summed E-state index contributed by atoms with van der Waals surface area (Å²) in [4.78, 5) is 0. The van der Waals surface area contributed by atoms with E-state index in [2.05, 4.69) is 0 Å². The molecule has 0 aliphatic rings. The van der Waals surface area contributed by atoms with Crippen molar-refractivity contribution in [1.29, 1.82) is 0 Å². The fourth-order valence-corrected chi connectivity index (χ4v) is 0.883. The van der Waals surface area contributed by atoms with Crippen molar-refractivity contribution in [3.63, 3.8) is 0 Å². The van der Waals surface area contributed by atoms with Crippen molar-refractivity contribution in [1.82, 2.24) is 0 Å². The van der Waals surface area contributed by atoms with Crippen LogP contribution in [0.25, 0.3) is 0 Å². The van der Waals surface area contributed by atoms with Crippen LogP contribution in [0.1, 0.15) is 5.56 Å². The van der Waals surface area contributed by atoms with Crippen LogP contribution in [0.3, 0.4) is 0 Å². The second-order valence-electron chi connectivity index (χ2n) is 2.33. The van der Waals surface area contributed by atoms with Crippen LogP contribution in [0.4, 0.5) is 23.2 Å². The summed E-state index contributed by atoms with van der Waals surface area (Å²) in [6.45, 7) is 0. The SMILES string of the molecule is Cl.NNc1cc(F)ccc1C(F)(F)F. The number of anilines is 1. The summed E-state index contributed by atoms with van der Waals surface area (Å²) < 4.78 is 48.9. The molecule has 0 spiro atoms. The molecule has 1 aromatic rings. The number of nitrogens with one attached hydrogen (secondary N) is 1. The van der Waals surface area contributed by atoms with Gasteiger partial charge in [0.25, 0.3) is 0 Å². The van der Waals surface area contributed by atoms with E-state index in [0.717, 1.165) is 6.07 Å².